The minimum atomic E-state index is -0.697. The van der Waals surface area contributed by atoms with Gasteiger partial charge in [0.15, 0.2) is 0 Å². The molecule has 0 fully saturated rings. The maximum absolute atomic E-state index is 10.2. The summed E-state index contributed by atoms with van der Waals surface area (Å²) in [5.74, 6) is 1.31. The molecule has 2 rings (SSSR count). The summed E-state index contributed by atoms with van der Waals surface area (Å²) in [5.41, 5.74) is 1.56. The van der Waals surface area contributed by atoms with Crippen molar-refractivity contribution in [1.82, 2.24) is 9.97 Å². The van der Waals surface area contributed by atoms with Crippen LogP contribution < -0.4 is 10.2 Å². The quantitative estimate of drug-likeness (QED) is 0.889. The van der Waals surface area contributed by atoms with Gasteiger partial charge in [0.2, 0.25) is 5.95 Å². The minimum absolute atomic E-state index is 0.326. The first-order valence-corrected chi connectivity index (χ1v) is 7.04. The van der Waals surface area contributed by atoms with E-state index < -0.39 is 6.10 Å². The first-order chi connectivity index (χ1) is 9.97. The molecule has 0 amide bonds. The molecular weight excluding hydrogens is 288 g/mol. The number of aliphatic hydroxyl groups excluding tert-OH is 1. The highest BCUT2D eigenvalue weighted by Gasteiger charge is 2.11. The third-order valence-corrected chi connectivity index (χ3v) is 3.33. The molecule has 0 saturated carbocycles. The SMILES string of the molecule is Cc1cc(NC[C@@H](O)c2ccccc2Cl)nc(N(C)C)n1. The van der Waals surface area contributed by atoms with Gasteiger partial charge in [-0.15, -0.1) is 0 Å². The molecule has 0 aliphatic rings. The molecule has 6 heteroatoms. The van der Waals surface area contributed by atoms with Gasteiger partial charge in [-0.05, 0) is 13.0 Å². The average Bonchev–Trinajstić information content (AvgIpc) is 2.44. The van der Waals surface area contributed by atoms with E-state index in [-0.39, 0.29) is 0 Å². The van der Waals surface area contributed by atoms with Gasteiger partial charge in [-0.3, -0.25) is 0 Å². The molecule has 1 aromatic carbocycles. The fourth-order valence-electron chi connectivity index (χ4n) is 1.90. The summed E-state index contributed by atoms with van der Waals surface area (Å²) in [7, 11) is 3.77. The highest BCUT2D eigenvalue weighted by Crippen LogP contribution is 2.23. The second-order valence-electron chi connectivity index (χ2n) is 5.01. The van der Waals surface area contributed by atoms with E-state index in [1.165, 1.54) is 0 Å². The molecule has 0 saturated heterocycles. The molecule has 0 unspecified atom stereocenters. The van der Waals surface area contributed by atoms with E-state index in [1.807, 2.05) is 50.2 Å². The van der Waals surface area contributed by atoms with E-state index in [0.29, 0.717) is 28.9 Å². The summed E-state index contributed by atoms with van der Waals surface area (Å²) >= 11 is 6.07. The number of aromatic nitrogens is 2. The van der Waals surface area contributed by atoms with Crippen molar-refractivity contribution in [2.24, 2.45) is 0 Å². The van der Waals surface area contributed by atoms with Crippen molar-refractivity contribution in [3.05, 3.63) is 46.6 Å². The number of hydrogen-bond acceptors (Lipinski definition) is 5. The summed E-state index contributed by atoms with van der Waals surface area (Å²) in [6.45, 7) is 2.23. The number of aryl methyl sites for hydroxylation is 1. The van der Waals surface area contributed by atoms with Crippen LogP contribution in [-0.4, -0.2) is 35.7 Å². The van der Waals surface area contributed by atoms with Crippen LogP contribution in [0.15, 0.2) is 30.3 Å². The Kier molecular flexibility index (Phi) is 4.98. The number of hydrogen-bond donors (Lipinski definition) is 2. The van der Waals surface area contributed by atoms with Crippen LogP contribution in [0.4, 0.5) is 11.8 Å². The Labute approximate surface area is 129 Å². The lowest BCUT2D eigenvalue weighted by atomic mass is 10.1. The molecule has 2 N–H and O–H groups in total. The van der Waals surface area contributed by atoms with E-state index in [4.69, 9.17) is 11.6 Å². The van der Waals surface area contributed by atoms with Gasteiger partial charge in [0.1, 0.15) is 5.82 Å². The average molecular weight is 307 g/mol. The highest BCUT2D eigenvalue weighted by atomic mass is 35.5. The minimum Gasteiger partial charge on any atom is -0.387 e. The van der Waals surface area contributed by atoms with Crippen molar-refractivity contribution in [3.63, 3.8) is 0 Å². The van der Waals surface area contributed by atoms with Crippen LogP contribution in [0.3, 0.4) is 0 Å². The Bertz CT molecular complexity index is 618. The van der Waals surface area contributed by atoms with Crippen LogP contribution in [0.2, 0.25) is 5.02 Å². The molecular formula is C15H19ClN4O. The topological polar surface area (TPSA) is 61.3 Å². The third-order valence-electron chi connectivity index (χ3n) is 2.98. The van der Waals surface area contributed by atoms with Crippen LogP contribution in [0.25, 0.3) is 0 Å². The Balaban J connectivity index is 2.08. The number of rotatable bonds is 5. The molecule has 0 radical (unpaired) electrons. The fraction of sp³-hybridized carbons (Fsp3) is 0.333. The van der Waals surface area contributed by atoms with Crippen LogP contribution in [0.1, 0.15) is 17.4 Å². The Hall–Kier alpha value is -1.85. The fourth-order valence-corrected chi connectivity index (χ4v) is 2.16. The van der Waals surface area contributed by atoms with Crippen LogP contribution in [0.5, 0.6) is 0 Å². The van der Waals surface area contributed by atoms with Gasteiger partial charge < -0.3 is 15.3 Å². The van der Waals surface area contributed by atoms with Gasteiger partial charge in [0, 0.05) is 43.0 Å². The number of nitrogens with zero attached hydrogens (tertiary/aromatic N) is 3. The molecule has 21 heavy (non-hydrogen) atoms. The van der Waals surface area contributed by atoms with Crippen molar-refractivity contribution in [1.29, 1.82) is 0 Å². The van der Waals surface area contributed by atoms with E-state index in [1.54, 1.807) is 6.07 Å². The first-order valence-electron chi connectivity index (χ1n) is 6.66. The number of halogens is 1. The second kappa shape index (κ2) is 6.74. The predicted molar refractivity (Wildman–Crippen MR) is 86.0 cm³/mol. The van der Waals surface area contributed by atoms with Crippen molar-refractivity contribution in [2.75, 3.05) is 30.9 Å². The maximum atomic E-state index is 10.2. The van der Waals surface area contributed by atoms with E-state index in [9.17, 15) is 5.11 Å². The molecule has 0 spiro atoms. The zero-order valence-corrected chi connectivity index (χ0v) is 13.1. The predicted octanol–water partition coefficient (Wildman–Crippen LogP) is 2.65. The monoisotopic (exact) mass is 306 g/mol. The van der Waals surface area contributed by atoms with Gasteiger partial charge in [-0.25, -0.2) is 4.98 Å². The standard InChI is InChI=1S/C15H19ClN4O/c1-10-8-14(19-15(18-10)20(2)3)17-9-13(21)11-6-4-5-7-12(11)16/h4-8,13,21H,9H2,1-3H3,(H,17,18,19)/t13-/m1/s1. The molecule has 112 valence electrons. The van der Waals surface area contributed by atoms with E-state index >= 15 is 0 Å². The van der Waals surface area contributed by atoms with Crippen molar-refractivity contribution in [2.45, 2.75) is 13.0 Å². The zero-order chi connectivity index (χ0) is 15.4. The zero-order valence-electron chi connectivity index (χ0n) is 12.3. The lowest BCUT2D eigenvalue weighted by Gasteiger charge is -2.16. The molecule has 1 aromatic heterocycles. The smallest absolute Gasteiger partial charge is 0.226 e. The second-order valence-corrected chi connectivity index (χ2v) is 5.41. The van der Waals surface area contributed by atoms with Crippen LogP contribution in [0, 0.1) is 6.92 Å². The Morgan fingerprint density at radius 2 is 2.00 bits per heavy atom. The number of nitrogens with one attached hydrogen (secondary N) is 1. The number of aliphatic hydroxyl groups is 1. The molecule has 2 aromatic rings. The molecule has 0 bridgehead atoms. The maximum Gasteiger partial charge on any atom is 0.226 e. The lowest BCUT2D eigenvalue weighted by molar-refractivity contribution is 0.191. The molecule has 1 heterocycles. The first kappa shape index (κ1) is 15.5. The Morgan fingerprint density at radius 3 is 2.67 bits per heavy atom. The highest BCUT2D eigenvalue weighted by molar-refractivity contribution is 6.31. The normalized spacial score (nSPS) is 12.0. The summed E-state index contributed by atoms with van der Waals surface area (Å²) < 4.78 is 0. The van der Waals surface area contributed by atoms with Gasteiger partial charge >= 0.3 is 0 Å². The largest absolute Gasteiger partial charge is 0.387 e. The van der Waals surface area contributed by atoms with Crippen molar-refractivity contribution >= 4 is 23.4 Å². The van der Waals surface area contributed by atoms with E-state index in [2.05, 4.69) is 15.3 Å². The molecule has 1 atom stereocenters. The summed E-state index contributed by atoms with van der Waals surface area (Å²) in [6.07, 6.45) is -0.697. The van der Waals surface area contributed by atoms with E-state index in [0.717, 1.165) is 5.69 Å². The molecule has 0 aliphatic carbocycles. The molecule has 5 nitrogen and oxygen atoms in total. The Morgan fingerprint density at radius 1 is 1.29 bits per heavy atom. The molecule has 0 aliphatic heterocycles. The number of anilines is 2. The lowest BCUT2D eigenvalue weighted by Crippen LogP contribution is -2.17. The van der Waals surface area contributed by atoms with Gasteiger partial charge in [0.05, 0.1) is 6.10 Å². The van der Waals surface area contributed by atoms with Crippen molar-refractivity contribution < 1.29 is 5.11 Å². The van der Waals surface area contributed by atoms with Gasteiger partial charge in [-0.1, -0.05) is 29.8 Å². The third kappa shape index (κ3) is 4.06. The van der Waals surface area contributed by atoms with Crippen LogP contribution in [-0.2, 0) is 0 Å². The van der Waals surface area contributed by atoms with Crippen molar-refractivity contribution in [3.8, 4) is 0 Å². The van der Waals surface area contributed by atoms with Gasteiger partial charge in [0.25, 0.3) is 0 Å². The van der Waals surface area contributed by atoms with Gasteiger partial charge in [-0.2, -0.15) is 4.98 Å². The van der Waals surface area contributed by atoms with Crippen LogP contribution >= 0.6 is 11.6 Å². The summed E-state index contributed by atoms with van der Waals surface area (Å²) in [4.78, 5) is 10.5. The summed E-state index contributed by atoms with van der Waals surface area (Å²) in [5, 5.41) is 13.9. The number of benzene rings is 1. The summed E-state index contributed by atoms with van der Waals surface area (Å²) in [6, 6.07) is 9.10.